The van der Waals surface area contributed by atoms with Crippen molar-refractivity contribution in [2.24, 2.45) is 0 Å². The molecule has 0 aliphatic heterocycles. The summed E-state index contributed by atoms with van der Waals surface area (Å²) in [7, 11) is -3.68. The molecule has 1 N–H and O–H groups in total. The number of benzene rings is 1. The SMILES string of the molecule is Cc1cnc(CNS(=O)(=O)c2c(C(C)C)cc(C(C)C)cc2C(C)C)cn1. The smallest absolute Gasteiger partial charge is 0.241 e. The van der Waals surface area contributed by atoms with Crippen molar-refractivity contribution in [1.29, 1.82) is 0 Å². The minimum atomic E-state index is -3.68. The Kier molecular flexibility index (Phi) is 6.76. The highest BCUT2D eigenvalue weighted by Gasteiger charge is 2.26. The summed E-state index contributed by atoms with van der Waals surface area (Å²) in [6.07, 6.45) is 3.24. The van der Waals surface area contributed by atoms with Crippen LogP contribution in [-0.4, -0.2) is 18.4 Å². The van der Waals surface area contributed by atoms with E-state index < -0.39 is 10.0 Å². The molecule has 1 aromatic heterocycles. The molecule has 0 unspecified atom stereocenters. The van der Waals surface area contributed by atoms with Gasteiger partial charge in [0.2, 0.25) is 10.0 Å². The van der Waals surface area contributed by atoms with E-state index in [4.69, 9.17) is 0 Å². The van der Waals surface area contributed by atoms with Crippen LogP contribution in [0.2, 0.25) is 0 Å². The molecule has 0 aliphatic carbocycles. The minimum absolute atomic E-state index is 0.104. The first-order valence-electron chi connectivity index (χ1n) is 9.47. The number of nitrogens with zero attached hydrogens (tertiary/aromatic N) is 2. The number of hydrogen-bond donors (Lipinski definition) is 1. The van der Waals surface area contributed by atoms with E-state index in [0.29, 0.717) is 16.5 Å². The molecule has 2 rings (SSSR count). The standard InChI is InChI=1S/C21H31N3O2S/c1-13(2)17-8-19(14(3)4)21(20(9-17)15(5)6)27(25,26)24-12-18-11-22-16(7)10-23-18/h8-11,13-15,24H,12H2,1-7H3. The Bertz CT molecular complexity index is 857. The summed E-state index contributed by atoms with van der Waals surface area (Å²) >= 11 is 0. The van der Waals surface area contributed by atoms with E-state index in [-0.39, 0.29) is 18.4 Å². The van der Waals surface area contributed by atoms with Crippen LogP contribution in [0.3, 0.4) is 0 Å². The summed E-state index contributed by atoms with van der Waals surface area (Å²) < 4.78 is 29.2. The number of sulfonamides is 1. The molecule has 0 bridgehead atoms. The van der Waals surface area contributed by atoms with Gasteiger partial charge in [-0.2, -0.15) is 0 Å². The molecule has 5 nitrogen and oxygen atoms in total. The molecule has 0 spiro atoms. The number of rotatable bonds is 7. The lowest BCUT2D eigenvalue weighted by atomic mass is 9.89. The molecule has 148 valence electrons. The van der Waals surface area contributed by atoms with E-state index in [1.807, 2.05) is 46.8 Å². The molecule has 1 aromatic carbocycles. The van der Waals surface area contributed by atoms with Gasteiger partial charge in [0.1, 0.15) is 0 Å². The zero-order chi connectivity index (χ0) is 20.4. The molecule has 0 aliphatic rings. The van der Waals surface area contributed by atoms with Crippen molar-refractivity contribution in [3.8, 4) is 0 Å². The minimum Gasteiger partial charge on any atom is -0.258 e. The third-order valence-corrected chi connectivity index (χ3v) is 6.16. The number of nitrogens with one attached hydrogen (secondary N) is 1. The normalized spacial score (nSPS) is 12.4. The molecular formula is C21H31N3O2S. The van der Waals surface area contributed by atoms with Crippen LogP contribution in [-0.2, 0) is 16.6 Å². The fraction of sp³-hybridized carbons (Fsp3) is 0.524. The summed E-state index contributed by atoms with van der Waals surface area (Å²) in [5, 5.41) is 0. The van der Waals surface area contributed by atoms with Gasteiger partial charge in [0.15, 0.2) is 0 Å². The van der Waals surface area contributed by atoms with E-state index in [1.165, 1.54) is 5.56 Å². The summed E-state index contributed by atoms with van der Waals surface area (Å²) in [5.74, 6) is 0.548. The third-order valence-electron chi connectivity index (χ3n) is 4.63. The summed E-state index contributed by atoms with van der Waals surface area (Å²) in [6.45, 7) is 14.4. The Morgan fingerprint density at radius 1 is 0.889 bits per heavy atom. The van der Waals surface area contributed by atoms with Crippen LogP contribution in [0.5, 0.6) is 0 Å². The molecule has 0 amide bonds. The van der Waals surface area contributed by atoms with Crippen molar-refractivity contribution in [2.45, 2.75) is 77.7 Å². The largest absolute Gasteiger partial charge is 0.258 e. The van der Waals surface area contributed by atoms with Crippen molar-refractivity contribution in [1.82, 2.24) is 14.7 Å². The molecular weight excluding hydrogens is 358 g/mol. The van der Waals surface area contributed by atoms with Gasteiger partial charge < -0.3 is 0 Å². The summed E-state index contributed by atoms with van der Waals surface area (Å²) in [4.78, 5) is 8.83. The third kappa shape index (κ3) is 5.14. The molecule has 0 radical (unpaired) electrons. The lowest BCUT2D eigenvalue weighted by Gasteiger charge is -2.23. The lowest BCUT2D eigenvalue weighted by Crippen LogP contribution is -2.27. The van der Waals surface area contributed by atoms with Gasteiger partial charge in [-0.05, 0) is 41.4 Å². The van der Waals surface area contributed by atoms with Gasteiger partial charge in [0, 0.05) is 6.20 Å². The number of aromatic nitrogens is 2. The number of hydrogen-bond acceptors (Lipinski definition) is 4. The van der Waals surface area contributed by atoms with Crippen LogP contribution >= 0.6 is 0 Å². The zero-order valence-corrected chi connectivity index (χ0v) is 18.2. The van der Waals surface area contributed by atoms with Crippen LogP contribution in [0.1, 0.15) is 87.4 Å². The molecule has 0 saturated carbocycles. The maximum absolute atomic E-state index is 13.2. The zero-order valence-electron chi connectivity index (χ0n) is 17.4. The Labute approximate surface area is 163 Å². The van der Waals surface area contributed by atoms with Crippen LogP contribution in [0.25, 0.3) is 0 Å². The second-order valence-electron chi connectivity index (χ2n) is 7.97. The average Bonchev–Trinajstić information content (AvgIpc) is 2.59. The van der Waals surface area contributed by atoms with Crippen LogP contribution in [0, 0.1) is 6.92 Å². The Balaban J connectivity index is 2.51. The Morgan fingerprint density at radius 3 is 1.85 bits per heavy atom. The van der Waals surface area contributed by atoms with Crippen molar-refractivity contribution in [3.63, 3.8) is 0 Å². The second kappa shape index (κ2) is 8.48. The van der Waals surface area contributed by atoms with Gasteiger partial charge in [-0.3, -0.25) is 9.97 Å². The van der Waals surface area contributed by atoms with Gasteiger partial charge in [-0.15, -0.1) is 0 Å². The monoisotopic (exact) mass is 389 g/mol. The van der Waals surface area contributed by atoms with E-state index >= 15 is 0 Å². The van der Waals surface area contributed by atoms with E-state index in [1.54, 1.807) is 12.4 Å². The first-order chi connectivity index (χ1) is 12.5. The first kappa shape index (κ1) is 21.5. The molecule has 1 heterocycles. The highest BCUT2D eigenvalue weighted by atomic mass is 32.2. The van der Waals surface area contributed by atoms with E-state index in [9.17, 15) is 8.42 Å². The van der Waals surface area contributed by atoms with Gasteiger partial charge in [0.25, 0.3) is 0 Å². The lowest BCUT2D eigenvalue weighted by molar-refractivity contribution is 0.574. The summed E-state index contributed by atoms with van der Waals surface area (Å²) in [6, 6.07) is 4.09. The fourth-order valence-electron chi connectivity index (χ4n) is 2.95. The first-order valence-corrected chi connectivity index (χ1v) is 11.0. The number of aryl methyl sites for hydroxylation is 1. The van der Waals surface area contributed by atoms with Crippen molar-refractivity contribution in [3.05, 3.63) is 52.6 Å². The molecule has 27 heavy (non-hydrogen) atoms. The molecule has 0 fully saturated rings. The Hall–Kier alpha value is -1.79. The topological polar surface area (TPSA) is 72.0 Å². The van der Waals surface area contributed by atoms with Gasteiger partial charge in [-0.1, -0.05) is 53.7 Å². The van der Waals surface area contributed by atoms with Gasteiger partial charge >= 0.3 is 0 Å². The highest BCUT2D eigenvalue weighted by molar-refractivity contribution is 7.89. The second-order valence-corrected chi connectivity index (χ2v) is 9.67. The highest BCUT2D eigenvalue weighted by Crippen LogP contribution is 2.35. The fourth-order valence-corrected chi connectivity index (χ4v) is 4.64. The maximum Gasteiger partial charge on any atom is 0.241 e. The predicted octanol–water partition coefficient (Wildman–Crippen LogP) is 4.63. The average molecular weight is 390 g/mol. The van der Waals surface area contributed by atoms with E-state index in [2.05, 4.69) is 28.5 Å². The predicted molar refractivity (Wildman–Crippen MR) is 110 cm³/mol. The van der Waals surface area contributed by atoms with Crippen molar-refractivity contribution >= 4 is 10.0 Å². The van der Waals surface area contributed by atoms with Crippen molar-refractivity contribution in [2.75, 3.05) is 0 Å². The molecule has 0 saturated heterocycles. The van der Waals surface area contributed by atoms with Gasteiger partial charge in [-0.25, -0.2) is 13.1 Å². The maximum atomic E-state index is 13.2. The Morgan fingerprint density at radius 2 is 1.44 bits per heavy atom. The molecule has 0 atom stereocenters. The summed E-state index contributed by atoms with van der Waals surface area (Å²) in [5.41, 5.74) is 4.31. The quantitative estimate of drug-likeness (QED) is 0.749. The van der Waals surface area contributed by atoms with Crippen molar-refractivity contribution < 1.29 is 8.42 Å². The van der Waals surface area contributed by atoms with Gasteiger partial charge in [0.05, 0.1) is 29.0 Å². The molecule has 6 heteroatoms. The van der Waals surface area contributed by atoms with Crippen LogP contribution in [0.4, 0.5) is 0 Å². The van der Waals surface area contributed by atoms with Crippen LogP contribution < -0.4 is 4.72 Å². The molecule has 2 aromatic rings. The van der Waals surface area contributed by atoms with Crippen LogP contribution in [0.15, 0.2) is 29.4 Å². The van der Waals surface area contributed by atoms with E-state index in [0.717, 1.165) is 16.8 Å².